The van der Waals surface area contributed by atoms with Crippen LogP contribution in [0, 0.1) is 5.92 Å². The number of piperidine rings is 1. The molecule has 20 heavy (non-hydrogen) atoms. The molecule has 1 heterocycles. The lowest BCUT2D eigenvalue weighted by molar-refractivity contribution is 0.220. The van der Waals surface area contributed by atoms with Gasteiger partial charge < -0.3 is 5.21 Å². The van der Waals surface area contributed by atoms with Gasteiger partial charge in [0.25, 0.3) is 0 Å². The highest BCUT2D eigenvalue weighted by Crippen LogP contribution is 2.25. The van der Waals surface area contributed by atoms with E-state index >= 15 is 0 Å². The molecule has 1 aliphatic carbocycles. The topological polar surface area (TPSA) is 35.8 Å². The highest BCUT2D eigenvalue weighted by molar-refractivity contribution is 5.87. The summed E-state index contributed by atoms with van der Waals surface area (Å²) >= 11 is 0. The van der Waals surface area contributed by atoms with E-state index in [0.717, 1.165) is 38.2 Å². The highest BCUT2D eigenvalue weighted by Gasteiger charge is 2.24. The van der Waals surface area contributed by atoms with Crippen LogP contribution in [0.2, 0.25) is 0 Å². The molecule has 0 spiro atoms. The van der Waals surface area contributed by atoms with Crippen LogP contribution in [0.1, 0.15) is 42.9 Å². The largest absolute Gasteiger partial charge is 0.411 e. The number of likely N-dealkylation sites (tertiary alicyclic amines) is 1. The summed E-state index contributed by atoms with van der Waals surface area (Å²) in [6.45, 7) is 5.23. The van der Waals surface area contributed by atoms with Gasteiger partial charge in [0, 0.05) is 32.0 Å². The van der Waals surface area contributed by atoms with Crippen LogP contribution in [0.4, 0.5) is 0 Å². The van der Waals surface area contributed by atoms with Crippen LogP contribution in [-0.2, 0) is 19.4 Å². The Hall–Kier alpha value is -1.35. The van der Waals surface area contributed by atoms with Crippen molar-refractivity contribution in [1.29, 1.82) is 0 Å². The number of aryl methyl sites for hydroxylation is 2. The predicted octanol–water partition coefficient (Wildman–Crippen LogP) is 3.24. The molecule has 1 atom stereocenters. The van der Waals surface area contributed by atoms with E-state index in [1.165, 1.54) is 24.8 Å². The summed E-state index contributed by atoms with van der Waals surface area (Å²) in [4.78, 5) is 2.50. The fraction of sp³-hybridized carbons (Fsp3) is 0.588. The fourth-order valence-electron chi connectivity index (χ4n) is 3.61. The molecule has 3 nitrogen and oxygen atoms in total. The van der Waals surface area contributed by atoms with E-state index in [9.17, 15) is 0 Å². The molecule has 1 aliphatic heterocycles. The quantitative estimate of drug-likeness (QED) is 0.677. The Morgan fingerprint density at radius 3 is 2.90 bits per heavy atom. The summed E-state index contributed by atoms with van der Waals surface area (Å²) in [5.74, 6) is 0.420. The van der Waals surface area contributed by atoms with Gasteiger partial charge in [-0.05, 0) is 42.4 Å². The van der Waals surface area contributed by atoms with Crippen molar-refractivity contribution in [2.75, 3.05) is 13.1 Å². The minimum absolute atomic E-state index is 0.420. The molecule has 3 heteroatoms. The summed E-state index contributed by atoms with van der Waals surface area (Å²) in [6, 6.07) is 7.01. The van der Waals surface area contributed by atoms with Gasteiger partial charge in [-0.1, -0.05) is 30.3 Å². The second kappa shape index (κ2) is 5.96. The number of oxime groups is 1. The van der Waals surface area contributed by atoms with Gasteiger partial charge in [-0.25, -0.2) is 0 Å². The van der Waals surface area contributed by atoms with E-state index in [4.69, 9.17) is 5.21 Å². The van der Waals surface area contributed by atoms with E-state index in [0.29, 0.717) is 5.92 Å². The number of hydrogen-bond acceptors (Lipinski definition) is 3. The number of fused-ring (bicyclic) bond motifs is 1. The number of hydrogen-bond donors (Lipinski definition) is 1. The van der Waals surface area contributed by atoms with E-state index in [1.807, 2.05) is 0 Å². The molecule has 0 aromatic heterocycles. The maximum atomic E-state index is 9.04. The second-order valence-electron chi connectivity index (χ2n) is 6.14. The zero-order valence-electron chi connectivity index (χ0n) is 12.3. The molecule has 0 amide bonds. The number of benzene rings is 1. The minimum atomic E-state index is 0.420. The summed E-state index contributed by atoms with van der Waals surface area (Å²) in [7, 11) is 0. The number of nitrogens with zero attached hydrogens (tertiary/aromatic N) is 2. The van der Waals surface area contributed by atoms with Crippen LogP contribution in [0.3, 0.4) is 0 Å². The summed E-state index contributed by atoms with van der Waals surface area (Å²) < 4.78 is 0. The lowest BCUT2D eigenvalue weighted by atomic mass is 9.93. The van der Waals surface area contributed by atoms with Crippen molar-refractivity contribution in [2.24, 2.45) is 11.1 Å². The standard InChI is InChI=1S/C17H24N2O/c1-2-14-12-19(9-8-17(14)18-20)11-13-6-7-15-4-3-5-16(15)10-13/h6-7,10,14,20H,2-5,8-9,11-12H2,1H3/b18-17+. The summed E-state index contributed by atoms with van der Waals surface area (Å²) in [5, 5.41) is 12.5. The average molecular weight is 272 g/mol. The van der Waals surface area contributed by atoms with Crippen LogP contribution in [-0.4, -0.2) is 28.9 Å². The van der Waals surface area contributed by atoms with Gasteiger partial charge in [-0.2, -0.15) is 0 Å². The van der Waals surface area contributed by atoms with Crippen molar-refractivity contribution >= 4 is 5.71 Å². The molecule has 0 bridgehead atoms. The maximum Gasteiger partial charge on any atom is 0.0627 e. The Bertz CT molecular complexity index is 510. The lowest BCUT2D eigenvalue weighted by Gasteiger charge is -2.32. The van der Waals surface area contributed by atoms with E-state index in [-0.39, 0.29) is 0 Å². The number of rotatable bonds is 3. The third-order valence-corrected chi connectivity index (χ3v) is 4.82. The van der Waals surface area contributed by atoms with Crippen LogP contribution in [0.5, 0.6) is 0 Å². The van der Waals surface area contributed by atoms with Crippen molar-refractivity contribution in [1.82, 2.24) is 4.90 Å². The van der Waals surface area contributed by atoms with Gasteiger partial charge in [0.15, 0.2) is 0 Å². The molecular formula is C17H24N2O. The molecule has 2 aliphatic rings. The molecule has 1 fully saturated rings. The zero-order valence-corrected chi connectivity index (χ0v) is 12.3. The Morgan fingerprint density at radius 1 is 1.25 bits per heavy atom. The molecule has 1 aromatic carbocycles. The van der Waals surface area contributed by atoms with E-state index in [2.05, 4.69) is 35.2 Å². The fourth-order valence-corrected chi connectivity index (χ4v) is 3.61. The Morgan fingerprint density at radius 2 is 2.10 bits per heavy atom. The first-order chi connectivity index (χ1) is 9.80. The summed E-state index contributed by atoms with van der Waals surface area (Å²) in [6.07, 6.45) is 5.78. The van der Waals surface area contributed by atoms with Gasteiger partial charge in [-0.15, -0.1) is 0 Å². The lowest BCUT2D eigenvalue weighted by Crippen LogP contribution is -2.40. The van der Waals surface area contributed by atoms with Gasteiger partial charge in [0.05, 0.1) is 5.71 Å². The molecule has 1 saturated heterocycles. The average Bonchev–Trinajstić information content (AvgIpc) is 2.94. The van der Waals surface area contributed by atoms with Crippen LogP contribution in [0.15, 0.2) is 23.4 Å². The first-order valence-electron chi connectivity index (χ1n) is 7.84. The Balaban J connectivity index is 1.66. The first kappa shape index (κ1) is 13.6. The molecule has 1 aromatic rings. The van der Waals surface area contributed by atoms with E-state index < -0.39 is 0 Å². The molecule has 0 saturated carbocycles. The molecular weight excluding hydrogens is 248 g/mol. The van der Waals surface area contributed by atoms with Crippen molar-refractivity contribution in [3.63, 3.8) is 0 Å². The van der Waals surface area contributed by atoms with Crippen molar-refractivity contribution in [3.8, 4) is 0 Å². The minimum Gasteiger partial charge on any atom is -0.411 e. The van der Waals surface area contributed by atoms with Crippen LogP contribution >= 0.6 is 0 Å². The zero-order chi connectivity index (χ0) is 13.9. The second-order valence-corrected chi connectivity index (χ2v) is 6.14. The molecule has 3 rings (SSSR count). The third kappa shape index (κ3) is 2.73. The highest BCUT2D eigenvalue weighted by atomic mass is 16.4. The van der Waals surface area contributed by atoms with E-state index in [1.54, 1.807) is 11.1 Å². The van der Waals surface area contributed by atoms with Crippen molar-refractivity contribution in [2.45, 2.75) is 45.6 Å². The normalized spacial score (nSPS) is 25.1. The van der Waals surface area contributed by atoms with Crippen LogP contribution in [0.25, 0.3) is 0 Å². The molecule has 0 radical (unpaired) electrons. The smallest absolute Gasteiger partial charge is 0.0627 e. The summed E-state index contributed by atoms with van der Waals surface area (Å²) in [5.41, 5.74) is 5.53. The van der Waals surface area contributed by atoms with Gasteiger partial charge >= 0.3 is 0 Å². The molecule has 1 N–H and O–H groups in total. The molecule has 108 valence electrons. The first-order valence-corrected chi connectivity index (χ1v) is 7.84. The van der Waals surface area contributed by atoms with Gasteiger partial charge in [0.1, 0.15) is 0 Å². The predicted molar refractivity (Wildman–Crippen MR) is 81.4 cm³/mol. The Kier molecular flexibility index (Phi) is 4.06. The monoisotopic (exact) mass is 272 g/mol. The van der Waals surface area contributed by atoms with Gasteiger partial charge in [0.2, 0.25) is 0 Å². The molecule has 1 unspecified atom stereocenters. The van der Waals surface area contributed by atoms with Crippen LogP contribution < -0.4 is 0 Å². The van der Waals surface area contributed by atoms with Gasteiger partial charge in [-0.3, -0.25) is 4.90 Å². The SMILES string of the molecule is CCC1CN(Cc2ccc3c(c2)CCC3)CC/C1=N\O. The third-order valence-electron chi connectivity index (χ3n) is 4.82. The Labute approximate surface area is 121 Å². The van der Waals surface area contributed by atoms with Crippen molar-refractivity contribution in [3.05, 3.63) is 34.9 Å². The van der Waals surface area contributed by atoms with Crippen molar-refractivity contribution < 1.29 is 5.21 Å². The maximum absolute atomic E-state index is 9.04.